The van der Waals surface area contributed by atoms with Crippen molar-refractivity contribution in [1.29, 1.82) is 0 Å². The van der Waals surface area contributed by atoms with E-state index in [1.54, 1.807) is 12.1 Å². The van der Waals surface area contributed by atoms with Crippen LogP contribution in [0.5, 0.6) is 0 Å². The lowest BCUT2D eigenvalue weighted by molar-refractivity contribution is -0.119. The van der Waals surface area contributed by atoms with Crippen molar-refractivity contribution in [2.75, 3.05) is 5.75 Å². The summed E-state index contributed by atoms with van der Waals surface area (Å²) < 4.78 is 24.9. The second kappa shape index (κ2) is 9.15. The van der Waals surface area contributed by atoms with Gasteiger partial charge in [0.2, 0.25) is 15.9 Å². The minimum atomic E-state index is -3.75. The van der Waals surface area contributed by atoms with Crippen molar-refractivity contribution in [2.45, 2.75) is 23.0 Å². The first kappa shape index (κ1) is 22.1. The van der Waals surface area contributed by atoms with Crippen molar-refractivity contribution < 1.29 is 13.2 Å². The van der Waals surface area contributed by atoms with E-state index in [0.717, 1.165) is 27.4 Å². The van der Waals surface area contributed by atoms with Crippen LogP contribution in [0.15, 0.2) is 88.9 Å². The molecule has 3 aromatic carbocycles. The summed E-state index contributed by atoms with van der Waals surface area (Å²) >= 11 is 1.36. The maximum absolute atomic E-state index is 12.6. The summed E-state index contributed by atoms with van der Waals surface area (Å²) in [5.74, 6) is 0.0418. The van der Waals surface area contributed by atoms with Gasteiger partial charge in [0.1, 0.15) is 0 Å². The Balaban J connectivity index is 1.47. The molecule has 3 N–H and O–H groups in total. The molecule has 1 aromatic heterocycles. The molecule has 1 amide bonds. The van der Waals surface area contributed by atoms with Crippen LogP contribution in [-0.2, 0) is 14.8 Å². The molecule has 1 heterocycles. The topological polar surface area (TPSA) is 107 Å². The number of sulfonamides is 1. The maximum Gasteiger partial charge on any atom is 0.238 e. The molecule has 0 fully saturated rings. The number of thioether (sulfide) groups is 1. The number of nitrogens with two attached hydrogens (primary N) is 1. The van der Waals surface area contributed by atoms with Crippen LogP contribution in [0.25, 0.3) is 16.7 Å². The summed E-state index contributed by atoms with van der Waals surface area (Å²) in [5, 5.41) is 8.81. The highest BCUT2D eigenvalue weighted by molar-refractivity contribution is 7.99. The molecule has 1 atom stereocenters. The van der Waals surface area contributed by atoms with Crippen molar-refractivity contribution in [3.05, 3.63) is 84.4 Å². The van der Waals surface area contributed by atoms with Crippen molar-refractivity contribution in [1.82, 2.24) is 14.9 Å². The average Bonchev–Trinajstić information content (AvgIpc) is 3.16. The highest BCUT2D eigenvalue weighted by Gasteiger charge is 2.16. The summed E-state index contributed by atoms with van der Waals surface area (Å²) in [5.41, 5.74) is 3.60. The van der Waals surface area contributed by atoms with Crippen LogP contribution in [0.1, 0.15) is 18.5 Å². The van der Waals surface area contributed by atoms with Crippen LogP contribution in [-0.4, -0.2) is 29.6 Å². The van der Waals surface area contributed by atoms with E-state index in [2.05, 4.69) is 5.32 Å². The third-order valence-electron chi connectivity index (χ3n) is 4.96. The predicted octanol–water partition coefficient (Wildman–Crippen LogP) is 3.64. The van der Waals surface area contributed by atoms with Crippen molar-refractivity contribution >= 4 is 38.7 Å². The van der Waals surface area contributed by atoms with Gasteiger partial charge >= 0.3 is 0 Å². The molecular weight excluding hydrogens is 444 g/mol. The first-order valence-corrected chi connectivity index (χ1v) is 12.4. The third-order valence-corrected chi connectivity index (χ3v) is 6.83. The number of aromatic nitrogens is 2. The Kier molecular flexibility index (Phi) is 6.31. The highest BCUT2D eigenvalue weighted by Crippen LogP contribution is 2.28. The number of benzene rings is 3. The van der Waals surface area contributed by atoms with E-state index in [1.165, 1.54) is 23.9 Å². The molecule has 32 heavy (non-hydrogen) atoms. The quantitative estimate of drug-likeness (QED) is 0.404. The molecule has 0 radical (unpaired) electrons. The third kappa shape index (κ3) is 4.85. The molecule has 0 saturated heterocycles. The molecule has 7 nitrogen and oxygen atoms in total. The molecule has 164 valence electrons. The van der Waals surface area contributed by atoms with E-state index in [4.69, 9.17) is 10.1 Å². The van der Waals surface area contributed by atoms with E-state index < -0.39 is 10.0 Å². The Hall–Kier alpha value is -3.14. The largest absolute Gasteiger partial charge is 0.349 e. The summed E-state index contributed by atoms with van der Waals surface area (Å²) in [6.07, 6.45) is 0. The van der Waals surface area contributed by atoms with Crippen LogP contribution in [0.2, 0.25) is 0 Å². The zero-order valence-corrected chi connectivity index (χ0v) is 18.9. The number of fused-ring (bicyclic) bond motifs is 1. The summed E-state index contributed by atoms with van der Waals surface area (Å²) in [7, 11) is -3.75. The lowest BCUT2D eigenvalue weighted by Gasteiger charge is -2.15. The molecule has 0 unspecified atom stereocenters. The van der Waals surface area contributed by atoms with E-state index in [0.29, 0.717) is 0 Å². The van der Waals surface area contributed by atoms with Gasteiger partial charge in [0.25, 0.3) is 0 Å². The van der Waals surface area contributed by atoms with Crippen LogP contribution in [0.4, 0.5) is 0 Å². The molecule has 4 rings (SSSR count). The van der Waals surface area contributed by atoms with Crippen molar-refractivity contribution in [2.24, 2.45) is 5.14 Å². The Morgan fingerprint density at radius 2 is 1.69 bits per heavy atom. The maximum atomic E-state index is 12.6. The molecule has 0 aliphatic carbocycles. The van der Waals surface area contributed by atoms with E-state index in [-0.39, 0.29) is 22.6 Å². The number of hydrogen-bond donors (Lipinski definition) is 2. The zero-order chi connectivity index (χ0) is 22.7. The number of para-hydroxylation sites is 3. The Bertz CT molecular complexity index is 1350. The standard InChI is InChI=1S/C23H22N4O3S2/c1-16(17-11-13-19(14-12-17)32(24,29)30)25-22(28)15-31-23-26-20-9-5-6-10-21(20)27(23)18-7-3-2-4-8-18/h2-14,16H,15H2,1H3,(H,25,28)(H2,24,29,30)/t16-/m1/s1. The fraction of sp³-hybridized carbons (Fsp3) is 0.130. The number of primary sulfonamides is 1. The predicted molar refractivity (Wildman–Crippen MR) is 126 cm³/mol. The fourth-order valence-electron chi connectivity index (χ4n) is 3.37. The van der Waals surface area contributed by atoms with Crippen molar-refractivity contribution in [3.8, 4) is 5.69 Å². The molecule has 0 aliphatic heterocycles. The number of carbonyl (C=O) groups excluding carboxylic acids is 1. The summed E-state index contributed by atoms with van der Waals surface area (Å²) in [6.45, 7) is 1.84. The van der Waals surface area contributed by atoms with Gasteiger partial charge in [-0.2, -0.15) is 0 Å². The highest BCUT2D eigenvalue weighted by atomic mass is 32.2. The van der Waals surface area contributed by atoms with Gasteiger partial charge < -0.3 is 5.32 Å². The molecule has 0 saturated carbocycles. The molecular formula is C23H22N4O3S2. The zero-order valence-electron chi connectivity index (χ0n) is 17.3. The van der Waals surface area contributed by atoms with E-state index in [1.807, 2.05) is 66.1 Å². The molecule has 0 bridgehead atoms. The van der Waals surface area contributed by atoms with Gasteiger partial charge in [-0.1, -0.05) is 54.2 Å². The van der Waals surface area contributed by atoms with Gasteiger partial charge in [-0.3, -0.25) is 9.36 Å². The normalized spacial score (nSPS) is 12.6. The molecule has 9 heteroatoms. The Labute approximate surface area is 190 Å². The number of amides is 1. The van der Waals surface area contributed by atoms with Gasteiger partial charge in [0.05, 0.1) is 27.7 Å². The molecule has 4 aromatic rings. The van der Waals surface area contributed by atoms with Crippen LogP contribution in [0.3, 0.4) is 0 Å². The van der Waals surface area contributed by atoms with Crippen LogP contribution < -0.4 is 10.5 Å². The van der Waals surface area contributed by atoms with Crippen LogP contribution in [0, 0.1) is 0 Å². The summed E-state index contributed by atoms with van der Waals surface area (Å²) in [6, 6.07) is 23.6. The number of rotatable bonds is 7. The first-order valence-electron chi connectivity index (χ1n) is 9.91. The number of imidazole rings is 1. The van der Waals surface area contributed by atoms with Crippen LogP contribution >= 0.6 is 11.8 Å². The first-order chi connectivity index (χ1) is 15.3. The van der Waals surface area contributed by atoms with Gasteiger partial charge in [-0.25, -0.2) is 18.5 Å². The van der Waals surface area contributed by atoms with E-state index >= 15 is 0 Å². The number of hydrogen-bond acceptors (Lipinski definition) is 5. The second-order valence-electron chi connectivity index (χ2n) is 7.25. The minimum absolute atomic E-state index is 0.0372. The van der Waals surface area contributed by atoms with Gasteiger partial charge in [-0.15, -0.1) is 0 Å². The SMILES string of the molecule is C[C@@H](NC(=O)CSc1nc2ccccc2n1-c1ccccc1)c1ccc(S(N)(=O)=O)cc1. The van der Waals surface area contributed by atoms with Gasteiger partial charge in [-0.05, 0) is 48.9 Å². The minimum Gasteiger partial charge on any atom is -0.349 e. The Morgan fingerprint density at radius 1 is 1.03 bits per heavy atom. The number of nitrogens with one attached hydrogen (secondary N) is 1. The monoisotopic (exact) mass is 466 g/mol. The van der Waals surface area contributed by atoms with Gasteiger partial charge in [0.15, 0.2) is 5.16 Å². The summed E-state index contributed by atoms with van der Waals surface area (Å²) in [4.78, 5) is 17.3. The molecule has 0 aliphatic rings. The number of carbonyl (C=O) groups is 1. The second-order valence-corrected chi connectivity index (χ2v) is 9.75. The Morgan fingerprint density at radius 3 is 2.38 bits per heavy atom. The van der Waals surface area contributed by atoms with E-state index in [9.17, 15) is 13.2 Å². The van der Waals surface area contributed by atoms with Gasteiger partial charge in [0, 0.05) is 5.69 Å². The molecule has 0 spiro atoms. The number of nitrogens with zero attached hydrogens (tertiary/aromatic N) is 2. The lowest BCUT2D eigenvalue weighted by Crippen LogP contribution is -2.28. The lowest BCUT2D eigenvalue weighted by atomic mass is 10.1. The average molecular weight is 467 g/mol. The van der Waals surface area contributed by atoms with Crippen molar-refractivity contribution in [3.63, 3.8) is 0 Å². The smallest absolute Gasteiger partial charge is 0.238 e. The fourth-order valence-corrected chi connectivity index (χ4v) is 4.72.